The summed E-state index contributed by atoms with van der Waals surface area (Å²) in [4.78, 5) is 19.7. The van der Waals surface area contributed by atoms with Crippen LogP contribution in [0.1, 0.15) is 10.4 Å². The summed E-state index contributed by atoms with van der Waals surface area (Å²) in [6.07, 6.45) is 1.71. The van der Waals surface area contributed by atoms with Gasteiger partial charge in [0.15, 0.2) is 0 Å². The van der Waals surface area contributed by atoms with Gasteiger partial charge in [0.2, 0.25) is 5.95 Å². The van der Waals surface area contributed by atoms with E-state index in [1.54, 1.807) is 18.3 Å². The largest absolute Gasteiger partial charge is 0.324 e. The molecule has 2 aromatic heterocycles. The van der Waals surface area contributed by atoms with E-state index in [2.05, 4.69) is 25.5 Å². The summed E-state index contributed by atoms with van der Waals surface area (Å²) >= 11 is 0. The molecule has 0 spiro atoms. The Morgan fingerprint density at radius 3 is 2.70 bits per heavy atom. The van der Waals surface area contributed by atoms with Crippen LogP contribution in [0.5, 0.6) is 0 Å². The summed E-state index contributed by atoms with van der Waals surface area (Å²) in [5.41, 5.74) is 4.15. The molecule has 1 amide bonds. The van der Waals surface area contributed by atoms with Gasteiger partial charge in [-0.25, -0.2) is 4.98 Å². The Hall–Kier alpha value is -3.41. The molecule has 0 aliphatic carbocycles. The lowest BCUT2D eigenvalue weighted by Crippen LogP contribution is -2.12. The van der Waals surface area contributed by atoms with Gasteiger partial charge in [0.1, 0.15) is 0 Å². The third kappa shape index (κ3) is 2.57. The molecule has 0 unspecified atom stereocenters. The van der Waals surface area contributed by atoms with E-state index < -0.39 is 0 Å². The number of amides is 1. The van der Waals surface area contributed by atoms with E-state index in [0.29, 0.717) is 11.5 Å². The first-order valence-corrected chi connectivity index (χ1v) is 7.15. The number of imidazole rings is 1. The number of benzene rings is 2. The van der Waals surface area contributed by atoms with E-state index in [1.165, 1.54) is 0 Å². The second kappa shape index (κ2) is 5.42. The van der Waals surface area contributed by atoms with Crippen LogP contribution in [0.2, 0.25) is 0 Å². The first kappa shape index (κ1) is 13.3. The first-order chi connectivity index (χ1) is 11.3. The Labute approximate surface area is 131 Å². The standard InChI is InChI=1S/C17H13N5O/c23-16(11-4-2-1-3-5-11)21-17-19-14-7-6-12(10-15(14)20-17)13-8-9-18-22-13/h1-10H,(H,18,22)(H2,19,20,21,23). The molecular weight excluding hydrogens is 290 g/mol. The number of aromatic amines is 2. The molecule has 0 saturated carbocycles. The average Bonchev–Trinajstić information content (AvgIpc) is 3.24. The molecule has 0 saturated heterocycles. The minimum Gasteiger partial charge on any atom is -0.324 e. The van der Waals surface area contributed by atoms with Gasteiger partial charge >= 0.3 is 0 Å². The Balaban J connectivity index is 1.63. The number of hydrogen-bond donors (Lipinski definition) is 3. The van der Waals surface area contributed by atoms with Crippen molar-refractivity contribution >= 4 is 22.9 Å². The van der Waals surface area contributed by atoms with Crippen LogP contribution in [-0.2, 0) is 0 Å². The van der Waals surface area contributed by atoms with Crippen molar-refractivity contribution in [2.45, 2.75) is 0 Å². The van der Waals surface area contributed by atoms with Crippen molar-refractivity contribution in [1.29, 1.82) is 0 Å². The number of aromatic nitrogens is 4. The fraction of sp³-hybridized carbons (Fsp3) is 0. The topological polar surface area (TPSA) is 86.5 Å². The Kier molecular flexibility index (Phi) is 3.12. The van der Waals surface area contributed by atoms with Gasteiger partial charge in [-0.1, -0.05) is 24.3 Å². The van der Waals surface area contributed by atoms with Crippen LogP contribution in [0.3, 0.4) is 0 Å². The lowest BCUT2D eigenvalue weighted by Gasteiger charge is -2.00. The molecule has 0 radical (unpaired) electrons. The zero-order valence-electron chi connectivity index (χ0n) is 12.1. The fourth-order valence-electron chi connectivity index (χ4n) is 2.42. The van der Waals surface area contributed by atoms with Gasteiger partial charge in [0, 0.05) is 17.3 Å². The van der Waals surface area contributed by atoms with Gasteiger partial charge in [-0.15, -0.1) is 0 Å². The van der Waals surface area contributed by atoms with E-state index in [4.69, 9.17) is 0 Å². The Bertz CT molecular complexity index is 957. The number of carbonyl (C=O) groups is 1. The van der Waals surface area contributed by atoms with Crippen LogP contribution in [-0.4, -0.2) is 26.1 Å². The average molecular weight is 303 g/mol. The first-order valence-electron chi connectivity index (χ1n) is 7.15. The molecule has 23 heavy (non-hydrogen) atoms. The van der Waals surface area contributed by atoms with Gasteiger partial charge in [-0.2, -0.15) is 5.10 Å². The van der Waals surface area contributed by atoms with E-state index in [-0.39, 0.29) is 5.91 Å². The molecule has 6 heteroatoms. The highest BCUT2D eigenvalue weighted by atomic mass is 16.1. The maximum absolute atomic E-state index is 12.2. The van der Waals surface area contributed by atoms with Crippen molar-refractivity contribution in [2.75, 3.05) is 5.32 Å². The molecule has 0 aliphatic heterocycles. The number of hydrogen-bond acceptors (Lipinski definition) is 3. The number of nitrogens with zero attached hydrogens (tertiary/aromatic N) is 2. The van der Waals surface area contributed by atoms with Crippen LogP contribution in [0.15, 0.2) is 60.8 Å². The maximum Gasteiger partial charge on any atom is 0.257 e. The molecule has 6 nitrogen and oxygen atoms in total. The second-order valence-electron chi connectivity index (χ2n) is 5.11. The SMILES string of the molecule is O=C(Nc1nc2ccc(-c3ccn[nH]3)cc2[nH]1)c1ccccc1. The highest BCUT2D eigenvalue weighted by molar-refractivity contribution is 6.04. The lowest BCUT2D eigenvalue weighted by molar-refractivity contribution is 0.102. The van der Waals surface area contributed by atoms with Crippen molar-refractivity contribution in [1.82, 2.24) is 20.2 Å². The van der Waals surface area contributed by atoms with E-state index in [9.17, 15) is 4.79 Å². The number of fused-ring (bicyclic) bond motifs is 1. The smallest absolute Gasteiger partial charge is 0.257 e. The summed E-state index contributed by atoms with van der Waals surface area (Å²) in [6, 6.07) is 16.8. The minimum absolute atomic E-state index is 0.196. The van der Waals surface area contributed by atoms with Gasteiger partial charge < -0.3 is 4.98 Å². The van der Waals surface area contributed by atoms with E-state index in [1.807, 2.05) is 42.5 Å². The zero-order chi connectivity index (χ0) is 15.6. The van der Waals surface area contributed by atoms with Crippen LogP contribution < -0.4 is 5.32 Å². The van der Waals surface area contributed by atoms with Crippen LogP contribution in [0.25, 0.3) is 22.3 Å². The van der Waals surface area contributed by atoms with Crippen molar-refractivity contribution < 1.29 is 4.79 Å². The number of H-pyrrole nitrogens is 2. The van der Waals surface area contributed by atoms with Crippen molar-refractivity contribution in [3.8, 4) is 11.3 Å². The van der Waals surface area contributed by atoms with Crippen LogP contribution >= 0.6 is 0 Å². The summed E-state index contributed by atoms with van der Waals surface area (Å²) in [5, 5.41) is 9.65. The zero-order valence-corrected chi connectivity index (χ0v) is 12.1. The lowest BCUT2D eigenvalue weighted by atomic mass is 10.1. The van der Waals surface area contributed by atoms with E-state index >= 15 is 0 Å². The second-order valence-corrected chi connectivity index (χ2v) is 5.11. The monoisotopic (exact) mass is 303 g/mol. The van der Waals surface area contributed by atoms with Gasteiger partial charge in [0.25, 0.3) is 5.91 Å². The number of rotatable bonds is 3. The van der Waals surface area contributed by atoms with Gasteiger partial charge in [0.05, 0.1) is 16.7 Å². The van der Waals surface area contributed by atoms with Crippen molar-refractivity contribution in [2.24, 2.45) is 0 Å². The van der Waals surface area contributed by atoms with Crippen molar-refractivity contribution in [3.63, 3.8) is 0 Å². The molecule has 0 bridgehead atoms. The predicted molar refractivity (Wildman–Crippen MR) is 88.1 cm³/mol. The highest BCUT2D eigenvalue weighted by Crippen LogP contribution is 2.22. The molecule has 2 aromatic carbocycles. The summed E-state index contributed by atoms with van der Waals surface area (Å²) in [7, 11) is 0. The summed E-state index contributed by atoms with van der Waals surface area (Å²) in [6.45, 7) is 0. The molecule has 3 N–H and O–H groups in total. The molecule has 0 aliphatic rings. The number of carbonyl (C=O) groups excluding carboxylic acids is 1. The van der Waals surface area contributed by atoms with Gasteiger partial charge in [-0.3, -0.25) is 15.2 Å². The van der Waals surface area contributed by atoms with Crippen LogP contribution in [0.4, 0.5) is 5.95 Å². The summed E-state index contributed by atoms with van der Waals surface area (Å²) < 4.78 is 0. The predicted octanol–water partition coefficient (Wildman–Crippen LogP) is 3.21. The summed E-state index contributed by atoms with van der Waals surface area (Å²) in [5.74, 6) is 0.231. The fourth-order valence-corrected chi connectivity index (χ4v) is 2.42. The quantitative estimate of drug-likeness (QED) is 0.543. The third-order valence-electron chi connectivity index (χ3n) is 3.56. The highest BCUT2D eigenvalue weighted by Gasteiger charge is 2.09. The normalized spacial score (nSPS) is 10.8. The molecule has 0 fully saturated rings. The van der Waals surface area contributed by atoms with Crippen LogP contribution in [0, 0.1) is 0 Å². The minimum atomic E-state index is -0.196. The number of nitrogens with one attached hydrogen (secondary N) is 3. The maximum atomic E-state index is 12.2. The molecule has 4 aromatic rings. The Morgan fingerprint density at radius 1 is 1.04 bits per heavy atom. The Morgan fingerprint density at radius 2 is 1.91 bits per heavy atom. The molecule has 4 rings (SSSR count). The molecule has 112 valence electrons. The molecular formula is C17H13N5O. The van der Waals surface area contributed by atoms with E-state index in [0.717, 1.165) is 22.3 Å². The molecule has 0 atom stereocenters. The third-order valence-corrected chi connectivity index (χ3v) is 3.56. The van der Waals surface area contributed by atoms with Gasteiger partial charge in [-0.05, 0) is 30.3 Å². The molecule has 2 heterocycles. The number of anilines is 1. The van der Waals surface area contributed by atoms with Crippen molar-refractivity contribution in [3.05, 3.63) is 66.4 Å².